The van der Waals surface area contributed by atoms with Crippen molar-refractivity contribution in [2.75, 3.05) is 0 Å². The molecule has 5 heteroatoms. The molecule has 19 heavy (non-hydrogen) atoms. The number of nitrogens with zero attached hydrogens (tertiary/aromatic N) is 3. The highest BCUT2D eigenvalue weighted by Gasteiger charge is 2.18. The van der Waals surface area contributed by atoms with Crippen molar-refractivity contribution in [3.05, 3.63) is 36.3 Å². The molecule has 2 rings (SSSR count). The molecule has 5 nitrogen and oxygen atoms in total. The van der Waals surface area contributed by atoms with E-state index in [0.29, 0.717) is 0 Å². The van der Waals surface area contributed by atoms with Crippen LogP contribution in [0.25, 0.3) is 11.3 Å². The van der Waals surface area contributed by atoms with Crippen LogP contribution in [0.5, 0.6) is 0 Å². The monoisotopic (exact) mass is 259 g/mol. The minimum Gasteiger partial charge on any atom is -0.442 e. The molecule has 0 aliphatic carbocycles. The first kappa shape index (κ1) is 13.3. The van der Waals surface area contributed by atoms with Crippen molar-refractivity contribution in [2.45, 2.75) is 33.3 Å². The van der Waals surface area contributed by atoms with Crippen LogP contribution in [-0.4, -0.2) is 26.5 Å². The van der Waals surface area contributed by atoms with E-state index in [0.717, 1.165) is 16.8 Å². The van der Waals surface area contributed by atoms with E-state index < -0.39 is 11.7 Å². The Kier molecular flexibility index (Phi) is 3.38. The molecule has 0 saturated heterocycles. The summed E-state index contributed by atoms with van der Waals surface area (Å²) in [7, 11) is 0. The Morgan fingerprint density at radius 2 is 2.00 bits per heavy atom. The Morgan fingerprint density at radius 3 is 2.58 bits per heavy atom. The van der Waals surface area contributed by atoms with Crippen molar-refractivity contribution < 1.29 is 9.53 Å². The Morgan fingerprint density at radius 1 is 1.26 bits per heavy atom. The first-order valence-electron chi connectivity index (χ1n) is 6.06. The Balaban J connectivity index is 2.19. The standard InChI is InChI=1S/C14H17N3O2/c1-10-5-6-12(15-7-10)11-8-16-17(9-11)13(18)19-14(2,3)4/h5-9H,1-4H3. The number of hydrogen-bond acceptors (Lipinski definition) is 4. The van der Waals surface area contributed by atoms with Gasteiger partial charge in [-0.05, 0) is 39.3 Å². The van der Waals surface area contributed by atoms with Gasteiger partial charge in [0, 0.05) is 18.0 Å². The lowest BCUT2D eigenvalue weighted by Crippen LogP contribution is -2.27. The average Bonchev–Trinajstić information content (AvgIpc) is 2.77. The van der Waals surface area contributed by atoms with Gasteiger partial charge in [-0.25, -0.2) is 4.79 Å². The van der Waals surface area contributed by atoms with Crippen molar-refractivity contribution in [1.82, 2.24) is 14.8 Å². The van der Waals surface area contributed by atoms with Gasteiger partial charge in [0.2, 0.25) is 0 Å². The Bertz CT molecular complexity index is 579. The second-order valence-corrected chi connectivity index (χ2v) is 5.37. The van der Waals surface area contributed by atoms with Gasteiger partial charge < -0.3 is 4.74 Å². The maximum absolute atomic E-state index is 11.8. The smallest absolute Gasteiger partial charge is 0.435 e. The number of aromatic nitrogens is 3. The molecule has 0 aliphatic rings. The number of carbonyl (C=O) groups excluding carboxylic acids is 1. The normalized spacial score (nSPS) is 11.4. The third kappa shape index (κ3) is 3.40. The number of ether oxygens (including phenoxy) is 1. The lowest BCUT2D eigenvalue weighted by atomic mass is 10.2. The topological polar surface area (TPSA) is 57.0 Å². The summed E-state index contributed by atoms with van der Waals surface area (Å²) in [6, 6.07) is 3.86. The van der Waals surface area contributed by atoms with Crippen LogP contribution < -0.4 is 0 Å². The van der Waals surface area contributed by atoms with Crippen LogP contribution in [0, 0.1) is 6.92 Å². The van der Waals surface area contributed by atoms with Crippen LogP contribution in [0.3, 0.4) is 0 Å². The number of pyridine rings is 1. The van der Waals surface area contributed by atoms with Crippen molar-refractivity contribution in [3.63, 3.8) is 0 Å². The van der Waals surface area contributed by atoms with E-state index in [1.165, 1.54) is 4.68 Å². The predicted molar refractivity (Wildman–Crippen MR) is 71.8 cm³/mol. The zero-order valence-corrected chi connectivity index (χ0v) is 11.5. The Hall–Kier alpha value is -2.17. The summed E-state index contributed by atoms with van der Waals surface area (Å²) in [6.07, 6.45) is 4.50. The SMILES string of the molecule is Cc1ccc(-c2cnn(C(=O)OC(C)(C)C)c2)nc1. The molecule has 0 radical (unpaired) electrons. The zero-order chi connectivity index (χ0) is 14.0. The van der Waals surface area contributed by atoms with Crippen LogP contribution in [0.15, 0.2) is 30.7 Å². The largest absolute Gasteiger partial charge is 0.442 e. The molecular formula is C14H17N3O2. The quantitative estimate of drug-likeness (QED) is 0.789. The third-order valence-electron chi connectivity index (χ3n) is 2.37. The maximum Gasteiger partial charge on any atom is 0.435 e. The van der Waals surface area contributed by atoms with Gasteiger partial charge in [0.25, 0.3) is 0 Å². The molecule has 0 aliphatic heterocycles. The van der Waals surface area contributed by atoms with E-state index in [2.05, 4.69) is 10.1 Å². The summed E-state index contributed by atoms with van der Waals surface area (Å²) in [5, 5.41) is 4.00. The van der Waals surface area contributed by atoms with Gasteiger partial charge in [-0.3, -0.25) is 4.98 Å². The highest BCUT2D eigenvalue weighted by atomic mass is 16.6. The van der Waals surface area contributed by atoms with Gasteiger partial charge in [-0.15, -0.1) is 0 Å². The second-order valence-electron chi connectivity index (χ2n) is 5.37. The van der Waals surface area contributed by atoms with E-state index in [-0.39, 0.29) is 0 Å². The number of hydrogen-bond donors (Lipinski definition) is 0. The summed E-state index contributed by atoms with van der Waals surface area (Å²) in [6.45, 7) is 7.42. The van der Waals surface area contributed by atoms with Gasteiger partial charge in [0.15, 0.2) is 0 Å². The number of carbonyl (C=O) groups is 1. The zero-order valence-electron chi connectivity index (χ0n) is 11.5. The molecule has 0 saturated carbocycles. The summed E-state index contributed by atoms with van der Waals surface area (Å²) in [5.41, 5.74) is 2.11. The molecule has 0 spiro atoms. The minimum absolute atomic E-state index is 0.495. The van der Waals surface area contributed by atoms with Crippen LogP contribution in [0.1, 0.15) is 26.3 Å². The second kappa shape index (κ2) is 4.84. The van der Waals surface area contributed by atoms with Crippen LogP contribution in [0.4, 0.5) is 4.79 Å². The van der Waals surface area contributed by atoms with Crippen molar-refractivity contribution in [3.8, 4) is 11.3 Å². The molecule has 0 aromatic carbocycles. The van der Waals surface area contributed by atoms with Crippen molar-refractivity contribution in [1.29, 1.82) is 0 Å². The van der Waals surface area contributed by atoms with Gasteiger partial charge in [0.05, 0.1) is 11.9 Å². The number of rotatable bonds is 1. The molecular weight excluding hydrogens is 242 g/mol. The first-order chi connectivity index (χ1) is 8.85. The summed E-state index contributed by atoms with van der Waals surface area (Å²) in [5.74, 6) is 0. The Labute approximate surface area is 112 Å². The van der Waals surface area contributed by atoms with E-state index in [4.69, 9.17) is 4.74 Å². The summed E-state index contributed by atoms with van der Waals surface area (Å²) >= 11 is 0. The fraction of sp³-hybridized carbons (Fsp3) is 0.357. The number of aryl methyl sites for hydroxylation is 1. The van der Waals surface area contributed by atoms with E-state index in [9.17, 15) is 4.79 Å². The molecule has 0 unspecified atom stereocenters. The lowest BCUT2D eigenvalue weighted by molar-refractivity contribution is 0.0514. The van der Waals surface area contributed by atoms with Gasteiger partial charge >= 0.3 is 6.09 Å². The molecule has 0 N–H and O–H groups in total. The molecule has 2 heterocycles. The lowest BCUT2D eigenvalue weighted by Gasteiger charge is -2.18. The van der Waals surface area contributed by atoms with Crippen molar-refractivity contribution in [2.24, 2.45) is 0 Å². The molecule has 2 aromatic heterocycles. The fourth-order valence-electron chi connectivity index (χ4n) is 1.50. The first-order valence-corrected chi connectivity index (χ1v) is 6.06. The summed E-state index contributed by atoms with van der Waals surface area (Å²) < 4.78 is 6.42. The molecule has 0 fully saturated rings. The van der Waals surface area contributed by atoms with Gasteiger partial charge in [-0.1, -0.05) is 6.07 Å². The third-order valence-corrected chi connectivity index (χ3v) is 2.37. The average molecular weight is 259 g/mol. The van der Waals surface area contributed by atoms with Gasteiger partial charge in [0.1, 0.15) is 5.60 Å². The molecule has 2 aromatic rings. The van der Waals surface area contributed by atoms with Crippen LogP contribution in [-0.2, 0) is 4.74 Å². The van der Waals surface area contributed by atoms with E-state index >= 15 is 0 Å². The van der Waals surface area contributed by atoms with E-state index in [1.807, 2.05) is 39.8 Å². The molecule has 0 atom stereocenters. The maximum atomic E-state index is 11.8. The van der Waals surface area contributed by atoms with Gasteiger partial charge in [-0.2, -0.15) is 9.78 Å². The van der Waals surface area contributed by atoms with E-state index in [1.54, 1.807) is 18.6 Å². The minimum atomic E-state index is -0.536. The molecule has 0 amide bonds. The summed E-state index contributed by atoms with van der Waals surface area (Å²) in [4.78, 5) is 16.1. The highest BCUT2D eigenvalue weighted by molar-refractivity contribution is 5.72. The highest BCUT2D eigenvalue weighted by Crippen LogP contribution is 2.16. The molecule has 0 bridgehead atoms. The fourth-order valence-corrected chi connectivity index (χ4v) is 1.50. The van der Waals surface area contributed by atoms with Crippen molar-refractivity contribution >= 4 is 6.09 Å². The predicted octanol–water partition coefficient (Wildman–Crippen LogP) is 3.04. The van der Waals surface area contributed by atoms with Crippen LogP contribution in [0.2, 0.25) is 0 Å². The van der Waals surface area contributed by atoms with Crippen LogP contribution >= 0.6 is 0 Å². The molecule has 100 valence electrons.